The van der Waals surface area contributed by atoms with E-state index in [-0.39, 0.29) is 0 Å². The van der Waals surface area contributed by atoms with Gasteiger partial charge >= 0.3 is 0 Å². The van der Waals surface area contributed by atoms with Gasteiger partial charge in [-0.05, 0) is 19.4 Å². The standard InChI is InChI=1S/C9H16O/c1-5-7-9(6-2)10-8(3)4/h7H,3,5-6H2,1-2,4H3/b9-7-. The van der Waals surface area contributed by atoms with Crippen LogP contribution in [0.3, 0.4) is 0 Å². The number of hydrogen-bond donors (Lipinski definition) is 0. The van der Waals surface area contributed by atoms with Crippen LogP contribution in [0.5, 0.6) is 0 Å². The summed E-state index contributed by atoms with van der Waals surface area (Å²) >= 11 is 0. The minimum Gasteiger partial charge on any atom is -0.467 e. The lowest BCUT2D eigenvalue weighted by Crippen LogP contribution is -1.86. The van der Waals surface area contributed by atoms with E-state index in [2.05, 4.69) is 26.5 Å². The molecule has 0 aromatic carbocycles. The Morgan fingerprint density at radius 2 is 2.10 bits per heavy atom. The Labute approximate surface area is 63.4 Å². The Balaban J connectivity index is 3.83. The van der Waals surface area contributed by atoms with E-state index in [4.69, 9.17) is 4.74 Å². The van der Waals surface area contributed by atoms with Crippen LogP contribution in [0.15, 0.2) is 24.2 Å². The zero-order valence-electron chi connectivity index (χ0n) is 7.11. The van der Waals surface area contributed by atoms with E-state index in [0.717, 1.165) is 24.4 Å². The highest BCUT2D eigenvalue weighted by Crippen LogP contribution is 2.08. The molecule has 0 fully saturated rings. The van der Waals surface area contributed by atoms with Crippen LogP contribution in [0.2, 0.25) is 0 Å². The Kier molecular flexibility index (Phi) is 4.73. The van der Waals surface area contributed by atoms with Crippen molar-refractivity contribution in [3.63, 3.8) is 0 Å². The number of rotatable bonds is 4. The van der Waals surface area contributed by atoms with Crippen molar-refractivity contribution in [2.45, 2.75) is 33.6 Å². The quantitative estimate of drug-likeness (QED) is 0.545. The first-order valence-corrected chi connectivity index (χ1v) is 3.73. The van der Waals surface area contributed by atoms with Gasteiger partial charge in [0.1, 0.15) is 0 Å². The number of allylic oxidation sites excluding steroid dienone is 3. The average molecular weight is 140 g/mol. The second-order valence-corrected chi connectivity index (χ2v) is 2.24. The van der Waals surface area contributed by atoms with Crippen molar-refractivity contribution < 1.29 is 4.74 Å². The zero-order chi connectivity index (χ0) is 7.98. The predicted molar refractivity (Wildman–Crippen MR) is 44.6 cm³/mol. The topological polar surface area (TPSA) is 9.23 Å². The maximum atomic E-state index is 5.31. The van der Waals surface area contributed by atoms with Crippen LogP contribution in [-0.4, -0.2) is 0 Å². The van der Waals surface area contributed by atoms with Gasteiger partial charge in [-0.1, -0.05) is 20.4 Å². The molecule has 10 heavy (non-hydrogen) atoms. The molecule has 0 amide bonds. The van der Waals surface area contributed by atoms with Crippen LogP contribution in [0.1, 0.15) is 33.6 Å². The summed E-state index contributed by atoms with van der Waals surface area (Å²) in [5.74, 6) is 1.79. The fourth-order valence-electron chi connectivity index (χ4n) is 0.710. The molecule has 0 saturated heterocycles. The summed E-state index contributed by atoms with van der Waals surface area (Å²) in [6, 6.07) is 0. The fourth-order valence-corrected chi connectivity index (χ4v) is 0.710. The molecule has 0 aliphatic heterocycles. The highest BCUT2D eigenvalue weighted by atomic mass is 16.5. The van der Waals surface area contributed by atoms with Gasteiger partial charge in [0.15, 0.2) is 0 Å². The molecule has 0 heterocycles. The highest BCUT2D eigenvalue weighted by Gasteiger charge is 1.92. The van der Waals surface area contributed by atoms with Crippen LogP contribution in [-0.2, 0) is 4.74 Å². The van der Waals surface area contributed by atoms with Gasteiger partial charge in [0, 0.05) is 6.42 Å². The van der Waals surface area contributed by atoms with Crippen molar-refractivity contribution in [1.29, 1.82) is 0 Å². The highest BCUT2D eigenvalue weighted by molar-refractivity contribution is 4.95. The van der Waals surface area contributed by atoms with Crippen molar-refractivity contribution in [2.24, 2.45) is 0 Å². The van der Waals surface area contributed by atoms with E-state index in [0.29, 0.717) is 0 Å². The van der Waals surface area contributed by atoms with E-state index in [1.165, 1.54) is 0 Å². The minimum absolute atomic E-state index is 0.765. The summed E-state index contributed by atoms with van der Waals surface area (Å²) in [5, 5.41) is 0. The lowest BCUT2D eigenvalue weighted by molar-refractivity contribution is 0.296. The molecule has 0 bridgehead atoms. The van der Waals surface area contributed by atoms with Gasteiger partial charge in [0.2, 0.25) is 0 Å². The van der Waals surface area contributed by atoms with Crippen molar-refractivity contribution in [1.82, 2.24) is 0 Å². The predicted octanol–water partition coefficient (Wildman–Crippen LogP) is 3.24. The van der Waals surface area contributed by atoms with Gasteiger partial charge in [0.05, 0.1) is 11.5 Å². The SMILES string of the molecule is C=C(C)O/C(=C\CC)CC. The second-order valence-electron chi connectivity index (χ2n) is 2.24. The normalized spacial score (nSPS) is 11.3. The smallest absolute Gasteiger partial charge is 0.0992 e. The molecular formula is C9H16O. The molecule has 0 radical (unpaired) electrons. The molecule has 0 atom stereocenters. The van der Waals surface area contributed by atoms with Crippen LogP contribution in [0.4, 0.5) is 0 Å². The molecular weight excluding hydrogens is 124 g/mol. The van der Waals surface area contributed by atoms with Gasteiger partial charge in [-0.3, -0.25) is 0 Å². The van der Waals surface area contributed by atoms with E-state index in [1.54, 1.807) is 0 Å². The maximum Gasteiger partial charge on any atom is 0.0992 e. The van der Waals surface area contributed by atoms with Gasteiger partial charge < -0.3 is 4.74 Å². The fraction of sp³-hybridized carbons (Fsp3) is 0.556. The minimum atomic E-state index is 0.765. The Morgan fingerprint density at radius 1 is 1.50 bits per heavy atom. The molecule has 1 heteroatoms. The van der Waals surface area contributed by atoms with E-state index in [9.17, 15) is 0 Å². The average Bonchev–Trinajstić information content (AvgIpc) is 1.86. The molecule has 0 aliphatic carbocycles. The number of ether oxygens (including phenoxy) is 1. The summed E-state index contributed by atoms with van der Waals surface area (Å²) < 4.78 is 5.31. The van der Waals surface area contributed by atoms with Crippen molar-refractivity contribution >= 4 is 0 Å². The summed E-state index contributed by atoms with van der Waals surface area (Å²) in [6.45, 7) is 9.69. The van der Waals surface area contributed by atoms with Crippen LogP contribution in [0, 0.1) is 0 Å². The van der Waals surface area contributed by atoms with Crippen molar-refractivity contribution in [3.05, 3.63) is 24.2 Å². The molecule has 0 N–H and O–H groups in total. The zero-order valence-corrected chi connectivity index (χ0v) is 7.11. The molecule has 0 aromatic heterocycles. The molecule has 0 unspecified atom stereocenters. The first-order valence-electron chi connectivity index (χ1n) is 3.73. The largest absolute Gasteiger partial charge is 0.467 e. The van der Waals surface area contributed by atoms with Gasteiger partial charge in [-0.25, -0.2) is 0 Å². The molecule has 0 spiro atoms. The second kappa shape index (κ2) is 5.10. The lowest BCUT2D eigenvalue weighted by atomic mass is 10.3. The molecule has 0 rings (SSSR count). The van der Waals surface area contributed by atoms with E-state index in [1.807, 2.05) is 6.92 Å². The lowest BCUT2D eigenvalue weighted by Gasteiger charge is -2.05. The van der Waals surface area contributed by atoms with Gasteiger partial charge in [0.25, 0.3) is 0 Å². The number of hydrogen-bond acceptors (Lipinski definition) is 1. The van der Waals surface area contributed by atoms with E-state index < -0.39 is 0 Å². The van der Waals surface area contributed by atoms with Crippen molar-refractivity contribution in [3.8, 4) is 0 Å². The first kappa shape index (κ1) is 9.28. The molecule has 0 aromatic rings. The first-order chi connectivity index (χ1) is 4.70. The Bertz CT molecular complexity index is 134. The van der Waals surface area contributed by atoms with Crippen LogP contribution >= 0.6 is 0 Å². The third-order valence-electron chi connectivity index (χ3n) is 1.09. The molecule has 58 valence electrons. The molecule has 0 saturated carbocycles. The summed E-state index contributed by atoms with van der Waals surface area (Å²) in [6.07, 6.45) is 4.05. The van der Waals surface area contributed by atoms with E-state index >= 15 is 0 Å². The molecule has 1 nitrogen and oxygen atoms in total. The molecule has 0 aliphatic rings. The van der Waals surface area contributed by atoms with Crippen molar-refractivity contribution in [2.75, 3.05) is 0 Å². The summed E-state index contributed by atoms with van der Waals surface area (Å²) in [7, 11) is 0. The Hall–Kier alpha value is -0.720. The third-order valence-corrected chi connectivity index (χ3v) is 1.09. The summed E-state index contributed by atoms with van der Waals surface area (Å²) in [5.41, 5.74) is 0. The van der Waals surface area contributed by atoms with Crippen LogP contribution in [0.25, 0.3) is 0 Å². The van der Waals surface area contributed by atoms with Gasteiger partial charge in [-0.2, -0.15) is 0 Å². The van der Waals surface area contributed by atoms with Crippen LogP contribution < -0.4 is 0 Å². The maximum absolute atomic E-state index is 5.31. The summed E-state index contributed by atoms with van der Waals surface area (Å²) in [4.78, 5) is 0. The monoisotopic (exact) mass is 140 g/mol. The Morgan fingerprint density at radius 3 is 2.40 bits per heavy atom. The van der Waals surface area contributed by atoms with Gasteiger partial charge in [-0.15, -0.1) is 0 Å². The third kappa shape index (κ3) is 4.19.